The first-order valence-electron chi connectivity index (χ1n) is 4.98. The summed E-state index contributed by atoms with van der Waals surface area (Å²) in [6.45, 7) is 1.28. The van der Waals surface area contributed by atoms with Crippen molar-refractivity contribution in [3.05, 3.63) is 29.6 Å². The summed E-state index contributed by atoms with van der Waals surface area (Å²) in [5.74, 6) is -0.897. The normalized spacial score (nSPS) is 13.0. The van der Waals surface area contributed by atoms with Crippen LogP contribution in [0, 0.1) is 12.7 Å². The molecule has 0 aliphatic heterocycles. The molecule has 0 aliphatic rings. The van der Waals surface area contributed by atoms with Crippen molar-refractivity contribution in [2.75, 3.05) is 13.6 Å². The second-order valence-electron chi connectivity index (χ2n) is 3.76. The summed E-state index contributed by atoms with van der Waals surface area (Å²) in [6, 6.07) is 3.49. The fourth-order valence-corrected chi connectivity index (χ4v) is 2.74. The third-order valence-electron chi connectivity index (χ3n) is 2.35. The number of likely N-dealkylation sites (N-methyl/N-ethyl adjacent to an activating group) is 1. The molecule has 0 amide bonds. The zero-order valence-corrected chi connectivity index (χ0v) is 10.8. The van der Waals surface area contributed by atoms with E-state index in [0.29, 0.717) is 5.56 Å². The molecule has 0 aliphatic carbocycles. The van der Waals surface area contributed by atoms with Gasteiger partial charge in [0.05, 0.1) is 11.4 Å². The van der Waals surface area contributed by atoms with E-state index in [2.05, 4.69) is 5.16 Å². The number of oxime groups is 1. The number of halogens is 1. The van der Waals surface area contributed by atoms with Crippen LogP contribution >= 0.6 is 0 Å². The van der Waals surface area contributed by atoms with Gasteiger partial charge in [0.25, 0.3) is 0 Å². The van der Waals surface area contributed by atoms with Crippen LogP contribution < -0.4 is 5.73 Å². The average molecular weight is 275 g/mol. The van der Waals surface area contributed by atoms with Crippen molar-refractivity contribution in [2.45, 2.75) is 11.8 Å². The van der Waals surface area contributed by atoms with Crippen molar-refractivity contribution in [2.24, 2.45) is 10.9 Å². The van der Waals surface area contributed by atoms with Gasteiger partial charge in [-0.1, -0.05) is 11.2 Å². The Morgan fingerprint density at radius 2 is 2.17 bits per heavy atom. The molecule has 8 heteroatoms. The topological polar surface area (TPSA) is 96.0 Å². The lowest BCUT2D eigenvalue weighted by Gasteiger charge is -2.17. The first-order valence-corrected chi connectivity index (χ1v) is 6.42. The molecule has 0 spiro atoms. The standard InChI is InChI=1S/C10H14FN3O3S/c1-7-3-4-8(11)5-9(7)18(16,17)14(2)6-10(12)13-15/h3-5,15H,6H2,1-2H3,(H2,12,13). The minimum Gasteiger partial charge on any atom is -0.409 e. The second kappa shape index (κ2) is 5.32. The molecule has 0 fully saturated rings. The van der Waals surface area contributed by atoms with Crippen LogP contribution in [-0.4, -0.2) is 37.4 Å². The van der Waals surface area contributed by atoms with Crippen LogP contribution in [0.15, 0.2) is 28.3 Å². The molecular weight excluding hydrogens is 261 g/mol. The van der Waals surface area contributed by atoms with E-state index in [0.717, 1.165) is 10.4 Å². The minimum absolute atomic E-state index is 0.143. The Kier molecular flexibility index (Phi) is 4.25. The zero-order valence-electron chi connectivity index (χ0n) is 9.96. The van der Waals surface area contributed by atoms with E-state index >= 15 is 0 Å². The Morgan fingerprint density at radius 1 is 1.56 bits per heavy atom. The SMILES string of the molecule is Cc1ccc(F)cc1S(=O)(=O)N(C)CC(N)=NO. The third kappa shape index (κ3) is 2.96. The van der Waals surface area contributed by atoms with E-state index in [1.165, 1.54) is 19.2 Å². The molecule has 0 saturated carbocycles. The number of rotatable bonds is 4. The van der Waals surface area contributed by atoms with Crippen LogP contribution in [0.3, 0.4) is 0 Å². The summed E-state index contributed by atoms with van der Waals surface area (Å²) < 4.78 is 38.2. The van der Waals surface area contributed by atoms with Crippen LogP contribution in [0.2, 0.25) is 0 Å². The number of amidine groups is 1. The maximum absolute atomic E-state index is 13.1. The zero-order chi connectivity index (χ0) is 13.9. The summed E-state index contributed by atoms with van der Waals surface area (Å²) in [5.41, 5.74) is 5.66. The van der Waals surface area contributed by atoms with Crippen LogP contribution in [0.5, 0.6) is 0 Å². The van der Waals surface area contributed by atoms with Gasteiger partial charge in [0.1, 0.15) is 5.82 Å². The van der Waals surface area contributed by atoms with Crippen LogP contribution in [0.4, 0.5) is 4.39 Å². The Labute approximate surface area is 105 Å². The highest BCUT2D eigenvalue weighted by Gasteiger charge is 2.24. The van der Waals surface area contributed by atoms with E-state index < -0.39 is 15.8 Å². The number of hydrogen-bond acceptors (Lipinski definition) is 4. The lowest BCUT2D eigenvalue weighted by molar-refractivity contribution is 0.315. The molecule has 0 radical (unpaired) electrons. The fourth-order valence-electron chi connectivity index (χ4n) is 1.36. The maximum Gasteiger partial charge on any atom is 0.243 e. The Balaban J connectivity index is 3.17. The first kappa shape index (κ1) is 14.4. The molecule has 0 bridgehead atoms. The molecule has 6 nitrogen and oxygen atoms in total. The molecule has 3 N–H and O–H groups in total. The molecule has 0 heterocycles. The van der Waals surface area contributed by atoms with Crippen LogP contribution in [0.25, 0.3) is 0 Å². The average Bonchev–Trinajstić information content (AvgIpc) is 2.31. The number of sulfonamides is 1. The molecule has 1 rings (SSSR count). The predicted molar refractivity (Wildman–Crippen MR) is 64.4 cm³/mol. The van der Waals surface area contributed by atoms with Crippen LogP contribution in [-0.2, 0) is 10.0 Å². The smallest absolute Gasteiger partial charge is 0.243 e. The van der Waals surface area contributed by atoms with E-state index in [1.807, 2.05) is 0 Å². The fraction of sp³-hybridized carbons (Fsp3) is 0.300. The second-order valence-corrected chi connectivity index (χ2v) is 5.78. The summed E-state index contributed by atoms with van der Waals surface area (Å²) in [4.78, 5) is -0.143. The van der Waals surface area contributed by atoms with E-state index in [1.54, 1.807) is 6.92 Å². The Bertz CT molecular complexity index is 572. The lowest BCUT2D eigenvalue weighted by Crippen LogP contribution is -2.35. The summed E-state index contributed by atoms with van der Waals surface area (Å²) in [5, 5.41) is 11.1. The highest BCUT2D eigenvalue weighted by Crippen LogP contribution is 2.19. The van der Waals surface area contributed by atoms with Gasteiger partial charge in [-0.05, 0) is 24.6 Å². The van der Waals surface area contributed by atoms with Gasteiger partial charge in [-0.25, -0.2) is 12.8 Å². The molecule has 1 aromatic carbocycles. The number of nitrogens with zero attached hydrogens (tertiary/aromatic N) is 2. The van der Waals surface area contributed by atoms with E-state index in [4.69, 9.17) is 10.9 Å². The number of aryl methyl sites for hydroxylation is 1. The lowest BCUT2D eigenvalue weighted by atomic mass is 10.2. The Morgan fingerprint density at radius 3 is 2.72 bits per heavy atom. The van der Waals surface area contributed by atoms with Gasteiger partial charge in [0.15, 0.2) is 5.84 Å². The molecule has 0 atom stereocenters. The molecule has 18 heavy (non-hydrogen) atoms. The van der Waals surface area contributed by atoms with Crippen molar-refractivity contribution in [1.29, 1.82) is 0 Å². The molecule has 0 unspecified atom stereocenters. The van der Waals surface area contributed by atoms with Gasteiger partial charge in [-0.15, -0.1) is 0 Å². The first-order chi connectivity index (χ1) is 8.28. The van der Waals surface area contributed by atoms with Gasteiger partial charge < -0.3 is 10.9 Å². The molecular formula is C10H14FN3O3S. The largest absolute Gasteiger partial charge is 0.409 e. The summed E-state index contributed by atoms with van der Waals surface area (Å²) in [7, 11) is -2.61. The van der Waals surface area contributed by atoms with E-state index in [9.17, 15) is 12.8 Å². The van der Waals surface area contributed by atoms with Crippen LogP contribution in [0.1, 0.15) is 5.56 Å². The molecule has 0 saturated heterocycles. The van der Waals surface area contributed by atoms with Crippen molar-refractivity contribution >= 4 is 15.9 Å². The number of nitrogens with two attached hydrogens (primary N) is 1. The van der Waals surface area contributed by atoms with Crippen molar-refractivity contribution in [1.82, 2.24) is 4.31 Å². The quantitative estimate of drug-likeness (QED) is 0.362. The number of hydrogen-bond donors (Lipinski definition) is 2. The Hall–Kier alpha value is -1.67. The van der Waals surface area contributed by atoms with E-state index in [-0.39, 0.29) is 17.3 Å². The number of benzene rings is 1. The minimum atomic E-state index is -3.88. The highest BCUT2D eigenvalue weighted by molar-refractivity contribution is 7.89. The van der Waals surface area contributed by atoms with Crippen molar-refractivity contribution < 1.29 is 18.0 Å². The highest BCUT2D eigenvalue weighted by atomic mass is 32.2. The predicted octanol–water partition coefficient (Wildman–Crippen LogP) is 0.501. The van der Waals surface area contributed by atoms with Gasteiger partial charge >= 0.3 is 0 Å². The van der Waals surface area contributed by atoms with Gasteiger partial charge in [0, 0.05) is 7.05 Å². The summed E-state index contributed by atoms with van der Waals surface area (Å²) >= 11 is 0. The summed E-state index contributed by atoms with van der Waals surface area (Å²) in [6.07, 6.45) is 0. The van der Waals surface area contributed by atoms with Gasteiger partial charge in [-0.3, -0.25) is 0 Å². The monoisotopic (exact) mass is 275 g/mol. The molecule has 0 aromatic heterocycles. The van der Waals surface area contributed by atoms with Gasteiger partial charge in [-0.2, -0.15) is 4.31 Å². The third-order valence-corrected chi connectivity index (χ3v) is 4.30. The van der Waals surface area contributed by atoms with Crippen molar-refractivity contribution in [3.63, 3.8) is 0 Å². The molecule has 100 valence electrons. The maximum atomic E-state index is 13.1. The van der Waals surface area contributed by atoms with Crippen molar-refractivity contribution in [3.8, 4) is 0 Å². The molecule has 1 aromatic rings. The van der Waals surface area contributed by atoms with Gasteiger partial charge in [0.2, 0.25) is 10.0 Å².